The van der Waals surface area contributed by atoms with Crippen molar-refractivity contribution in [3.05, 3.63) is 96.1 Å². The van der Waals surface area contributed by atoms with Gasteiger partial charge in [0.25, 0.3) is 11.8 Å². The second-order valence-electron chi connectivity index (χ2n) is 7.84. The minimum Gasteiger partial charge on any atom is -0.338 e. The van der Waals surface area contributed by atoms with E-state index in [2.05, 4.69) is 10.6 Å². The van der Waals surface area contributed by atoms with Crippen LogP contribution in [0.4, 0.5) is 11.4 Å². The van der Waals surface area contributed by atoms with Crippen LogP contribution in [-0.4, -0.2) is 35.7 Å². The number of anilines is 2. The van der Waals surface area contributed by atoms with Gasteiger partial charge in [-0.3, -0.25) is 14.4 Å². The number of nitrogens with one attached hydrogen (secondary N) is 2. The molecule has 1 unspecified atom stereocenters. The van der Waals surface area contributed by atoms with Crippen molar-refractivity contribution in [1.29, 1.82) is 0 Å². The van der Waals surface area contributed by atoms with Gasteiger partial charge in [0.05, 0.1) is 5.92 Å². The molecule has 4 rings (SSSR count). The quantitative estimate of drug-likeness (QED) is 0.632. The van der Waals surface area contributed by atoms with Crippen molar-refractivity contribution in [2.75, 3.05) is 23.7 Å². The molecule has 6 heteroatoms. The molecular formula is C26H25N3O3. The van der Waals surface area contributed by atoms with Crippen LogP contribution < -0.4 is 10.6 Å². The Hall–Kier alpha value is -3.93. The molecule has 3 aromatic rings. The fourth-order valence-corrected chi connectivity index (χ4v) is 3.81. The topological polar surface area (TPSA) is 78.5 Å². The normalized spacial score (nSPS) is 15.6. The first-order valence-electron chi connectivity index (χ1n) is 10.7. The van der Waals surface area contributed by atoms with Gasteiger partial charge < -0.3 is 15.5 Å². The Morgan fingerprint density at radius 2 is 1.34 bits per heavy atom. The molecule has 1 atom stereocenters. The smallest absolute Gasteiger partial charge is 0.255 e. The molecule has 1 aliphatic heterocycles. The maximum Gasteiger partial charge on any atom is 0.255 e. The third kappa shape index (κ3) is 5.21. The van der Waals surface area contributed by atoms with Crippen molar-refractivity contribution >= 4 is 29.1 Å². The van der Waals surface area contributed by atoms with E-state index in [1.165, 1.54) is 0 Å². The van der Waals surface area contributed by atoms with Crippen LogP contribution in [0.3, 0.4) is 0 Å². The largest absolute Gasteiger partial charge is 0.338 e. The Bertz CT molecular complexity index is 1080. The number of likely N-dealkylation sites (tertiary alicyclic amines) is 1. The monoisotopic (exact) mass is 427 g/mol. The Labute approximate surface area is 187 Å². The van der Waals surface area contributed by atoms with E-state index >= 15 is 0 Å². The number of amides is 3. The fourth-order valence-electron chi connectivity index (χ4n) is 3.81. The van der Waals surface area contributed by atoms with Crippen LogP contribution in [0.25, 0.3) is 0 Å². The van der Waals surface area contributed by atoms with E-state index in [-0.39, 0.29) is 23.6 Å². The number of nitrogens with zero attached hydrogens (tertiary/aromatic N) is 1. The number of hydrogen-bond donors (Lipinski definition) is 2. The average molecular weight is 428 g/mol. The van der Waals surface area contributed by atoms with Gasteiger partial charge in [-0.05, 0) is 61.4 Å². The number of rotatable bonds is 5. The molecule has 0 aromatic heterocycles. The number of benzene rings is 3. The van der Waals surface area contributed by atoms with E-state index in [4.69, 9.17) is 0 Å². The second kappa shape index (κ2) is 9.92. The number of hydrogen-bond acceptors (Lipinski definition) is 3. The lowest BCUT2D eigenvalue weighted by Crippen LogP contribution is -2.43. The predicted octanol–water partition coefficient (Wildman–Crippen LogP) is 4.43. The van der Waals surface area contributed by atoms with Gasteiger partial charge in [-0.25, -0.2) is 0 Å². The summed E-state index contributed by atoms with van der Waals surface area (Å²) in [4.78, 5) is 39.7. The number of carbonyl (C=O) groups is 3. The van der Waals surface area contributed by atoms with E-state index in [9.17, 15) is 14.4 Å². The third-order valence-corrected chi connectivity index (χ3v) is 5.55. The lowest BCUT2D eigenvalue weighted by atomic mass is 9.96. The molecule has 6 nitrogen and oxygen atoms in total. The van der Waals surface area contributed by atoms with Gasteiger partial charge in [0, 0.05) is 35.6 Å². The van der Waals surface area contributed by atoms with Crippen LogP contribution in [0.5, 0.6) is 0 Å². The van der Waals surface area contributed by atoms with E-state index in [0.717, 1.165) is 18.5 Å². The summed E-state index contributed by atoms with van der Waals surface area (Å²) in [6.07, 6.45) is 1.54. The average Bonchev–Trinajstić information content (AvgIpc) is 2.85. The molecule has 162 valence electrons. The van der Waals surface area contributed by atoms with Gasteiger partial charge >= 0.3 is 0 Å². The van der Waals surface area contributed by atoms with Crippen LogP contribution in [0.2, 0.25) is 0 Å². The van der Waals surface area contributed by atoms with Crippen LogP contribution in [-0.2, 0) is 4.79 Å². The summed E-state index contributed by atoms with van der Waals surface area (Å²) in [5.41, 5.74) is 2.48. The summed E-state index contributed by atoms with van der Waals surface area (Å²) < 4.78 is 0. The Balaban J connectivity index is 1.36. The summed E-state index contributed by atoms with van der Waals surface area (Å²) >= 11 is 0. The van der Waals surface area contributed by atoms with Gasteiger partial charge in [0.15, 0.2) is 0 Å². The van der Waals surface area contributed by atoms with Crippen molar-refractivity contribution < 1.29 is 14.4 Å². The maximum atomic E-state index is 13.0. The molecular weight excluding hydrogens is 402 g/mol. The van der Waals surface area contributed by atoms with Gasteiger partial charge in [0.2, 0.25) is 5.91 Å². The molecule has 1 heterocycles. The van der Waals surface area contributed by atoms with Gasteiger partial charge in [-0.1, -0.05) is 36.4 Å². The first-order chi connectivity index (χ1) is 15.6. The van der Waals surface area contributed by atoms with Gasteiger partial charge in [-0.2, -0.15) is 0 Å². The zero-order chi connectivity index (χ0) is 22.3. The van der Waals surface area contributed by atoms with Crippen LogP contribution >= 0.6 is 0 Å². The molecule has 0 saturated carbocycles. The van der Waals surface area contributed by atoms with E-state index < -0.39 is 0 Å². The van der Waals surface area contributed by atoms with Crippen molar-refractivity contribution in [2.45, 2.75) is 12.8 Å². The highest BCUT2D eigenvalue weighted by atomic mass is 16.2. The molecule has 0 aliphatic carbocycles. The molecule has 32 heavy (non-hydrogen) atoms. The number of carbonyl (C=O) groups excluding carboxylic acids is 3. The minimum absolute atomic E-state index is 0.0623. The SMILES string of the molecule is O=C(Nc1ccc(C(=O)N2CCCC(C(=O)Nc3ccccc3)C2)cc1)c1ccccc1. The van der Waals surface area contributed by atoms with E-state index in [1.54, 1.807) is 41.3 Å². The first-order valence-corrected chi connectivity index (χ1v) is 10.7. The Kier molecular flexibility index (Phi) is 6.60. The molecule has 0 spiro atoms. The van der Waals surface area contributed by atoms with Crippen LogP contribution in [0, 0.1) is 5.92 Å². The first kappa shape index (κ1) is 21.3. The van der Waals surface area contributed by atoms with Crippen LogP contribution in [0.1, 0.15) is 33.6 Å². The molecule has 0 bridgehead atoms. The second-order valence-corrected chi connectivity index (χ2v) is 7.84. The molecule has 1 aliphatic rings. The van der Waals surface area contributed by atoms with Crippen LogP contribution in [0.15, 0.2) is 84.9 Å². The highest BCUT2D eigenvalue weighted by molar-refractivity contribution is 6.04. The highest BCUT2D eigenvalue weighted by Gasteiger charge is 2.29. The summed E-state index contributed by atoms with van der Waals surface area (Å²) in [6.45, 7) is 1.02. The maximum absolute atomic E-state index is 13.0. The highest BCUT2D eigenvalue weighted by Crippen LogP contribution is 2.21. The fraction of sp³-hybridized carbons (Fsp3) is 0.192. The molecule has 1 fully saturated rings. The van der Waals surface area contributed by atoms with E-state index in [0.29, 0.717) is 29.9 Å². The lowest BCUT2D eigenvalue weighted by Gasteiger charge is -2.32. The number of piperidine rings is 1. The van der Waals surface area contributed by atoms with Gasteiger partial charge in [0.1, 0.15) is 0 Å². The van der Waals surface area contributed by atoms with Crippen molar-refractivity contribution in [3.8, 4) is 0 Å². The van der Waals surface area contributed by atoms with Crippen molar-refractivity contribution in [3.63, 3.8) is 0 Å². The third-order valence-electron chi connectivity index (χ3n) is 5.55. The zero-order valence-corrected chi connectivity index (χ0v) is 17.7. The molecule has 2 N–H and O–H groups in total. The van der Waals surface area contributed by atoms with E-state index in [1.807, 2.05) is 48.5 Å². The zero-order valence-electron chi connectivity index (χ0n) is 17.7. The molecule has 3 amide bonds. The lowest BCUT2D eigenvalue weighted by molar-refractivity contribution is -0.121. The summed E-state index contributed by atoms with van der Waals surface area (Å²) in [5, 5.41) is 5.77. The minimum atomic E-state index is -0.239. The molecule has 0 radical (unpaired) electrons. The summed E-state index contributed by atoms with van der Waals surface area (Å²) in [6, 6.07) is 25.2. The predicted molar refractivity (Wildman–Crippen MR) is 125 cm³/mol. The molecule has 1 saturated heterocycles. The Morgan fingerprint density at radius 1 is 0.719 bits per heavy atom. The van der Waals surface area contributed by atoms with Crippen molar-refractivity contribution in [1.82, 2.24) is 4.90 Å². The standard InChI is InChI=1S/C26H25N3O3/c30-24(19-8-3-1-4-9-19)28-23-15-13-20(14-16-23)26(32)29-17-7-10-21(18-29)25(31)27-22-11-5-2-6-12-22/h1-6,8-9,11-16,21H,7,10,17-18H2,(H,27,31)(H,28,30). The summed E-state index contributed by atoms with van der Waals surface area (Å²) in [5.74, 6) is -0.610. The summed E-state index contributed by atoms with van der Waals surface area (Å²) in [7, 11) is 0. The number of para-hydroxylation sites is 1. The molecule has 3 aromatic carbocycles. The van der Waals surface area contributed by atoms with Gasteiger partial charge in [-0.15, -0.1) is 0 Å². The van der Waals surface area contributed by atoms with Crippen molar-refractivity contribution in [2.24, 2.45) is 5.92 Å². The Morgan fingerprint density at radius 3 is 2.03 bits per heavy atom.